The monoisotopic (exact) mass is 428 g/mol. The minimum atomic E-state index is -0.391. The molecule has 0 saturated carbocycles. The summed E-state index contributed by atoms with van der Waals surface area (Å²) < 4.78 is 19.8. The minimum absolute atomic E-state index is 0.0736. The molecule has 0 bridgehead atoms. The number of carbonyl (C=O) groups is 1. The van der Waals surface area contributed by atoms with Gasteiger partial charge in [-0.1, -0.05) is 0 Å². The van der Waals surface area contributed by atoms with Crippen LogP contribution < -0.4 is 4.74 Å². The van der Waals surface area contributed by atoms with Gasteiger partial charge in [-0.05, 0) is 58.9 Å². The number of carbonyl (C=O) groups excluding carboxylic acids is 1. The lowest BCUT2D eigenvalue weighted by Crippen LogP contribution is -2.33. The Bertz CT molecular complexity index is 943. The molecule has 0 atom stereocenters. The number of alkyl halides is 1. The Labute approximate surface area is 184 Å². The van der Waals surface area contributed by atoms with Crippen LogP contribution in [0, 0.1) is 0 Å². The van der Waals surface area contributed by atoms with Crippen molar-refractivity contribution in [1.82, 2.24) is 14.7 Å². The van der Waals surface area contributed by atoms with Crippen LogP contribution >= 0.6 is 0 Å². The predicted molar refractivity (Wildman–Crippen MR) is 122 cm³/mol. The Morgan fingerprint density at radius 2 is 1.90 bits per heavy atom. The molecule has 3 rings (SSSR count). The lowest BCUT2D eigenvalue weighted by atomic mass is 9.96. The summed E-state index contributed by atoms with van der Waals surface area (Å²) in [7, 11) is 0. The molecule has 1 amide bonds. The molecule has 7 heteroatoms. The van der Waals surface area contributed by atoms with E-state index < -0.39 is 6.67 Å². The van der Waals surface area contributed by atoms with Crippen LogP contribution in [0.2, 0.25) is 0 Å². The van der Waals surface area contributed by atoms with Gasteiger partial charge in [0.25, 0.3) is 0 Å². The normalized spacial score (nSPS) is 14.7. The third kappa shape index (κ3) is 4.97. The number of aliphatic imine (C=N–C) groups is 1. The van der Waals surface area contributed by atoms with Crippen molar-refractivity contribution in [3.8, 4) is 17.0 Å². The Balaban J connectivity index is 2.02. The van der Waals surface area contributed by atoms with Crippen molar-refractivity contribution in [3.63, 3.8) is 0 Å². The maximum Gasteiger partial charge on any atom is 0.227 e. The summed E-state index contributed by atoms with van der Waals surface area (Å²) in [6, 6.07) is 7.60. The van der Waals surface area contributed by atoms with Gasteiger partial charge in [0.05, 0.1) is 30.9 Å². The van der Waals surface area contributed by atoms with Gasteiger partial charge in [0.15, 0.2) is 5.82 Å². The molecule has 0 N–H and O–H groups in total. The largest absolute Gasteiger partial charge is 0.493 e. The third-order valence-electron chi connectivity index (χ3n) is 5.63. The van der Waals surface area contributed by atoms with Crippen molar-refractivity contribution in [2.45, 2.75) is 59.4 Å². The summed E-state index contributed by atoms with van der Waals surface area (Å²) in [5.74, 6) is 1.54. The fraction of sp³-hybridized carbons (Fsp3) is 0.542. The zero-order valence-corrected chi connectivity index (χ0v) is 19.2. The number of fused-ring (bicyclic) bond motifs is 1. The maximum absolute atomic E-state index is 13.0. The van der Waals surface area contributed by atoms with Crippen molar-refractivity contribution in [2.24, 2.45) is 4.99 Å². The summed E-state index contributed by atoms with van der Waals surface area (Å²) >= 11 is 0. The standard InChI is InChI=1S/C24H33FN4O2/c1-6-28(7-2)21(30)15-20-22(18-9-11-19(12-10-18)31-14-8-13-25)27-29-23(20)26-17(3)16-24(29,4)5/h9-12H,6-8,13-16H2,1-5H3. The number of nitrogens with zero attached hydrogens (tertiary/aromatic N) is 4. The molecule has 0 aliphatic carbocycles. The van der Waals surface area contributed by atoms with Gasteiger partial charge < -0.3 is 9.64 Å². The number of hydrogen-bond donors (Lipinski definition) is 0. The molecule has 1 aliphatic rings. The van der Waals surface area contributed by atoms with Gasteiger partial charge >= 0.3 is 0 Å². The highest BCUT2D eigenvalue weighted by atomic mass is 19.1. The zero-order valence-electron chi connectivity index (χ0n) is 19.2. The molecule has 6 nitrogen and oxygen atoms in total. The van der Waals surface area contributed by atoms with Crippen LogP contribution in [-0.4, -0.2) is 52.7 Å². The quantitative estimate of drug-likeness (QED) is 0.532. The van der Waals surface area contributed by atoms with Gasteiger partial charge in [-0.15, -0.1) is 0 Å². The van der Waals surface area contributed by atoms with E-state index in [2.05, 4.69) is 13.8 Å². The highest BCUT2D eigenvalue weighted by Gasteiger charge is 2.33. The molecule has 168 valence electrons. The Hall–Kier alpha value is -2.70. The number of halogens is 1. The molecule has 2 aromatic rings. The Morgan fingerprint density at radius 3 is 2.52 bits per heavy atom. The highest BCUT2D eigenvalue weighted by molar-refractivity contribution is 5.89. The molecular formula is C24H33FN4O2. The molecule has 1 aromatic carbocycles. The Kier molecular flexibility index (Phi) is 7.13. The average molecular weight is 429 g/mol. The van der Waals surface area contributed by atoms with E-state index >= 15 is 0 Å². The number of rotatable bonds is 9. The minimum Gasteiger partial charge on any atom is -0.493 e. The topological polar surface area (TPSA) is 59.7 Å². The second-order valence-corrected chi connectivity index (χ2v) is 8.56. The maximum atomic E-state index is 13.0. The first-order chi connectivity index (χ1) is 14.8. The first kappa shape index (κ1) is 23.0. The van der Waals surface area contributed by atoms with Crippen LogP contribution in [0.4, 0.5) is 10.2 Å². The van der Waals surface area contributed by atoms with Crippen LogP contribution in [-0.2, 0) is 16.8 Å². The van der Waals surface area contributed by atoms with E-state index in [9.17, 15) is 9.18 Å². The van der Waals surface area contributed by atoms with E-state index in [4.69, 9.17) is 14.8 Å². The average Bonchev–Trinajstić information content (AvgIpc) is 3.08. The van der Waals surface area contributed by atoms with Gasteiger partial charge in [0.2, 0.25) is 5.91 Å². The fourth-order valence-corrected chi connectivity index (χ4v) is 4.09. The van der Waals surface area contributed by atoms with E-state index in [-0.39, 0.29) is 17.9 Å². The van der Waals surface area contributed by atoms with E-state index in [1.807, 2.05) is 54.6 Å². The van der Waals surface area contributed by atoms with Gasteiger partial charge in [-0.25, -0.2) is 9.67 Å². The number of hydrogen-bond acceptors (Lipinski definition) is 4. The summed E-state index contributed by atoms with van der Waals surface area (Å²) in [5.41, 5.74) is 3.36. The van der Waals surface area contributed by atoms with Crippen LogP contribution in [0.3, 0.4) is 0 Å². The second kappa shape index (κ2) is 9.62. The first-order valence-corrected chi connectivity index (χ1v) is 11.0. The predicted octanol–water partition coefficient (Wildman–Crippen LogP) is 4.93. The molecular weight excluding hydrogens is 395 g/mol. The van der Waals surface area contributed by atoms with Crippen molar-refractivity contribution >= 4 is 17.4 Å². The molecule has 1 aliphatic heterocycles. The van der Waals surface area contributed by atoms with E-state index in [0.29, 0.717) is 31.9 Å². The van der Waals surface area contributed by atoms with Crippen LogP contribution in [0.5, 0.6) is 5.75 Å². The molecule has 0 fully saturated rings. The molecule has 31 heavy (non-hydrogen) atoms. The molecule has 0 saturated heterocycles. The highest BCUT2D eigenvalue weighted by Crippen LogP contribution is 2.39. The van der Waals surface area contributed by atoms with E-state index in [0.717, 1.165) is 34.8 Å². The van der Waals surface area contributed by atoms with Crippen molar-refractivity contribution < 1.29 is 13.9 Å². The van der Waals surface area contributed by atoms with Crippen molar-refractivity contribution in [1.29, 1.82) is 0 Å². The zero-order chi connectivity index (χ0) is 22.6. The summed E-state index contributed by atoms with van der Waals surface area (Å²) in [6.45, 7) is 11.6. The van der Waals surface area contributed by atoms with Gasteiger partial charge in [0, 0.05) is 42.8 Å². The first-order valence-electron chi connectivity index (χ1n) is 11.0. The smallest absolute Gasteiger partial charge is 0.227 e. The lowest BCUT2D eigenvalue weighted by Gasteiger charge is -2.30. The molecule has 0 spiro atoms. The summed E-state index contributed by atoms with van der Waals surface area (Å²) in [4.78, 5) is 19.6. The molecule has 0 unspecified atom stereocenters. The van der Waals surface area contributed by atoms with E-state index in [1.54, 1.807) is 0 Å². The van der Waals surface area contributed by atoms with Crippen molar-refractivity contribution in [3.05, 3.63) is 29.8 Å². The van der Waals surface area contributed by atoms with Gasteiger partial charge in [-0.3, -0.25) is 9.18 Å². The second-order valence-electron chi connectivity index (χ2n) is 8.56. The number of likely N-dealkylation sites (N-methyl/N-ethyl adjacent to an activating group) is 1. The van der Waals surface area contributed by atoms with Gasteiger partial charge in [-0.2, -0.15) is 5.10 Å². The number of amides is 1. The van der Waals surface area contributed by atoms with Crippen LogP contribution in [0.25, 0.3) is 11.3 Å². The molecule has 1 aromatic heterocycles. The number of aromatic nitrogens is 2. The Morgan fingerprint density at radius 1 is 1.23 bits per heavy atom. The third-order valence-corrected chi connectivity index (χ3v) is 5.63. The van der Waals surface area contributed by atoms with E-state index in [1.165, 1.54) is 0 Å². The van der Waals surface area contributed by atoms with Crippen LogP contribution in [0.15, 0.2) is 29.3 Å². The summed E-state index contributed by atoms with van der Waals surface area (Å²) in [5, 5.41) is 4.93. The molecule has 0 radical (unpaired) electrons. The lowest BCUT2D eigenvalue weighted by molar-refractivity contribution is -0.130. The fourth-order valence-electron chi connectivity index (χ4n) is 4.09. The number of benzene rings is 1. The SMILES string of the molecule is CCN(CC)C(=O)Cc1c(-c2ccc(OCCCF)cc2)nn2c1N=C(C)CC2(C)C. The molecule has 2 heterocycles. The van der Waals surface area contributed by atoms with Gasteiger partial charge in [0.1, 0.15) is 5.75 Å². The van der Waals surface area contributed by atoms with Crippen LogP contribution in [0.1, 0.15) is 53.0 Å². The van der Waals surface area contributed by atoms with Crippen molar-refractivity contribution in [2.75, 3.05) is 26.4 Å². The summed E-state index contributed by atoms with van der Waals surface area (Å²) in [6.07, 6.45) is 1.44. The number of ether oxygens (including phenoxy) is 1.